The van der Waals surface area contributed by atoms with Gasteiger partial charge in [0.25, 0.3) is 5.69 Å². The summed E-state index contributed by atoms with van der Waals surface area (Å²) in [5, 5.41) is 14.2. The van der Waals surface area contributed by atoms with E-state index in [1.54, 1.807) is 19.1 Å². The van der Waals surface area contributed by atoms with Crippen LogP contribution < -0.4 is 5.32 Å². The van der Waals surface area contributed by atoms with Crippen LogP contribution in [0.4, 0.5) is 11.4 Å². The predicted molar refractivity (Wildman–Crippen MR) is 81.1 cm³/mol. The van der Waals surface area contributed by atoms with Gasteiger partial charge in [-0.2, -0.15) is 0 Å². The Bertz CT molecular complexity index is 582. The molecule has 2 aromatic carbocycles. The van der Waals surface area contributed by atoms with E-state index in [1.165, 1.54) is 5.56 Å². The minimum absolute atomic E-state index is 0.173. The zero-order valence-electron chi connectivity index (χ0n) is 11.5. The summed E-state index contributed by atoms with van der Waals surface area (Å²) in [6.07, 6.45) is 1.91. The molecule has 2 aromatic rings. The average Bonchev–Trinajstić information content (AvgIpc) is 2.44. The van der Waals surface area contributed by atoms with Crippen molar-refractivity contribution in [2.45, 2.75) is 19.8 Å². The van der Waals surface area contributed by atoms with E-state index in [1.807, 2.05) is 24.3 Å². The monoisotopic (exact) mass is 270 g/mol. The van der Waals surface area contributed by atoms with Gasteiger partial charge >= 0.3 is 0 Å². The number of rotatable bonds is 6. The first-order valence-corrected chi connectivity index (χ1v) is 6.70. The van der Waals surface area contributed by atoms with Gasteiger partial charge in [0.15, 0.2) is 0 Å². The lowest BCUT2D eigenvalue weighted by molar-refractivity contribution is -0.384. The van der Waals surface area contributed by atoms with Gasteiger partial charge in [-0.1, -0.05) is 42.5 Å². The second-order valence-corrected chi connectivity index (χ2v) is 4.74. The van der Waals surface area contributed by atoms with E-state index in [0.29, 0.717) is 11.3 Å². The number of hydrogen-bond acceptors (Lipinski definition) is 3. The third-order valence-corrected chi connectivity index (χ3v) is 3.22. The van der Waals surface area contributed by atoms with E-state index in [2.05, 4.69) is 17.4 Å². The van der Waals surface area contributed by atoms with Crippen LogP contribution >= 0.6 is 0 Å². The number of anilines is 1. The summed E-state index contributed by atoms with van der Waals surface area (Å²) in [6, 6.07) is 15.6. The Labute approximate surface area is 118 Å². The predicted octanol–water partition coefficient (Wildman–Crippen LogP) is 3.95. The van der Waals surface area contributed by atoms with Crippen molar-refractivity contribution in [3.8, 4) is 0 Å². The van der Waals surface area contributed by atoms with Crippen molar-refractivity contribution in [1.29, 1.82) is 0 Å². The molecular formula is C16H18N2O2. The molecule has 0 saturated heterocycles. The Morgan fingerprint density at radius 1 is 1.10 bits per heavy atom. The van der Waals surface area contributed by atoms with Gasteiger partial charge < -0.3 is 5.32 Å². The van der Waals surface area contributed by atoms with Crippen LogP contribution in [-0.4, -0.2) is 11.5 Å². The topological polar surface area (TPSA) is 55.2 Å². The maximum absolute atomic E-state index is 11.1. The van der Waals surface area contributed by atoms with Gasteiger partial charge in [-0.15, -0.1) is 0 Å². The van der Waals surface area contributed by atoms with Gasteiger partial charge in [-0.25, -0.2) is 0 Å². The van der Waals surface area contributed by atoms with Crippen molar-refractivity contribution in [3.05, 3.63) is 69.8 Å². The van der Waals surface area contributed by atoms with Crippen molar-refractivity contribution in [2.24, 2.45) is 0 Å². The van der Waals surface area contributed by atoms with E-state index in [4.69, 9.17) is 0 Å². The van der Waals surface area contributed by atoms with E-state index in [-0.39, 0.29) is 10.6 Å². The lowest BCUT2D eigenvalue weighted by atomic mass is 10.1. The normalized spacial score (nSPS) is 10.2. The van der Waals surface area contributed by atoms with Crippen molar-refractivity contribution in [3.63, 3.8) is 0 Å². The largest absolute Gasteiger partial charge is 0.379 e. The quantitative estimate of drug-likeness (QED) is 0.491. The van der Waals surface area contributed by atoms with Crippen LogP contribution in [0.25, 0.3) is 0 Å². The highest BCUT2D eigenvalue weighted by Crippen LogP contribution is 2.27. The molecule has 0 fully saturated rings. The highest BCUT2D eigenvalue weighted by Gasteiger charge is 2.15. The molecule has 0 bridgehead atoms. The van der Waals surface area contributed by atoms with Crippen molar-refractivity contribution in [1.82, 2.24) is 0 Å². The number of hydrogen-bond donors (Lipinski definition) is 1. The molecule has 0 aliphatic rings. The minimum atomic E-state index is -0.325. The van der Waals surface area contributed by atoms with Crippen LogP contribution in [0, 0.1) is 17.0 Å². The van der Waals surface area contributed by atoms with E-state index in [9.17, 15) is 10.1 Å². The molecule has 4 heteroatoms. The zero-order valence-corrected chi connectivity index (χ0v) is 11.5. The van der Waals surface area contributed by atoms with Gasteiger partial charge in [-0.05, 0) is 31.4 Å². The van der Waals surface area contributed by atoms with Crippen LogP contribution in [0.5, 0.6) is 0 Å². The smallest absolute Gasteiger partial charge is 0.295 e. The first-order chi connectivity index (χ1) is 9.68. The lowest BCUT2D eigenvalue weighted by Gasteiger charge is -2.08. The minimum Gasteiger partial charge on any atom is -0.379 e. The Kier molecular flexibility index (Phi) is 4.71. The molecular weight excluding hydrogens is 252 g/mol. The summed E-state index contributed by atoms with van der Waals surface area (Å²) in [6.45, 7) is 2.48. The van der Waals surface area contributed by atoms with Gasteiger partial charge in [0, 0.05) is 12.1 Å². The third kappa shape index (κ3) is 3.57. The summed E-state index contributed by atoms with van der Waals surface area (Å²) < 4.78 is 0. The molecule has 0 amide bonds. The number of nitro groups is 1. The third-order valence-electron chi connectivity index (χ3n) is 3.22. The van der Waals surface area contributed by atoms with Crippen LogP contribution in [-0.2, 0) is 6.42 Å². The standard InChI is InChI=1S/C16H18N2O2/c1-13-7-5-11-15(16(13)18(19)20)17-12-6-10-14-8-3-2-4-9-14/h2-5,7-9,11,17H,6,10,12H2,1H3. The zero-order chi connectivity index (χ0) is 14.4. The molecule has 0 aliphatic heterocycles. The van der Waals surface area contributed by atoms with Crippen molar-refractivity contribution >= 4 is 11.4 Å². The number of para-hydroxylation sites is 1. The maximum Gasteiger partial charge on any atom is 0.295 e. The molecule has 0 aliphatic carbocycles. The fraction of sp³-hybridized carbons (Fsp3) is 0.250. The second-order valence-electron chi connectivity index (χ2n) is 4.74. The second kappa shape index (κ2) is 6.70. The molecule has 4 nitrogen and oxygen atoms in total. The molecule has 2 rings (SSSR count). The van der Waals surface area contributed by atoms with Crippen molar-refractivity contribution < 1.29 is 4.92 Å². The summed E-state index contributed by atoms with van der Waals surface area (Å²) in [5.41, 5.74) is 2.74. The summed E-state index contributed by atoms with van der Waals surface area (Å²) in [7, 11) is 0. The number of nitrogens with zero attached hydrogens (tertiary/aromatic N) is 1. The summed E-state index contributed by atoms with van der Waals surface area (Å²) in [5.74, 6) is 0. The SMILES string of the molecule is Cc1cccc(NCCCc2ccccc2)c1[N+](=O)[O-]. The number of nitrogens with one attached hydrogen (secondary N) is 1. The molecule has 0 spiro atoms. The fourth-order valence-electron chi connectivity index (χ4n) is 2.20. The molecule has 0 saturated carbocycles. The van der Waals surface area contributed by atoms with Crippen LogP contribution in [0.1, 0.15) is 17.5 Å². The molecule has 0 unspecified atom stereocenters. The molecule has 20 heavy (non-hydrogen) atoms. The Morgan fingerprint density at radius 2 is 1.85 bits per heavy atom. The molecule has 1 N–H and O–H groups in total. The van der Waals surface area contributed by atoms with Crippen LogP contribution in [0.15, 0.2) is 48.5 Å². The van der Waals surface area contributed by atoms with Gasteiger partial charge in [0.2, 0.25) is 0 Å². The number of nitro benzene ring substituents is 1. The number of benzene rings is 2. The molecule has 0 radical (unpaired) electrons. The molecule has 0 heterocycles. The van der Waals surface area contributed by atoms with Crippen LogP contribution in [0.3, 0.4) is 0 Å². The molecule has 104 valence electrons. The fourth-order valence-corrected chi connectivity index (χ4v) is 2.20. The van der Waals surface area contributed by atoms with E-state index < -0.39 is 0 Å². The van der Waals surface area contributed by atoms with E-state index in [0.717, 1.165) is 19.4 Å². The number of aryl methyl sites for hydroxylation is 2. The average molecular weight is 270 g/mol. The Morgan fingerprint density at radius 3 is 2.55 bits per heavy atom. The van der Waals surface area contributed by atoms with Gasteiger partial charge in [0.1, 0.15) is 5.69 Å². The summed E-state index contributed by atoms with van der Waals surface area (Å²) >= 11 is 0. The molecule has 0 atom stereocenters. The van der Waals surface area contributed by atoms with Crippen LogP contribution in [0.2, 0.25) is 0 Å². The molecule has 0 aromatic heterocycles. The highest BCUT2D eigenvalue weighted by molar-refractivity contribution is 5.64. The maximum atomic E-state index is 11.1. The first-order valence-electron chi connectivity index (χ1n) is 6.70. The Balaban J connectivity index is 1.92. The van der Waals surface area contributed by atoms with Crippen molar-refractivity contribution in [2.75, 3.05) is 11.9 Å². The summed E-state index contributed by atoms with van der Waals surface area (Å²) in [4.78, 5) is 10.7. The highest BCUT2D eigenvalue weighted by atomic mass is 16.6. The Hall–Kier alpha value is -2.36. The first kappa shape index (κ1) is 14.1. The van der Waals surface area contributed by atoms with E-state index >= 15 is 0 Å². The van der Waals surface area contributed by atoms with Gasteiger partial charge in [0.05, 0.1) is 4.92 Å². The lowest BCUT2D eigenvalue weighted by Crippen LogP contribution is -2.06. The van der Waals surface area contributed by atoms with Gasteiger partial charge in [-0.3, -0.25) is 10.1 Å².